The van der Waals surface area contributed by atoms with E-state index in [1.54, 1.807) is 0 Å². The number of aromatic nitrogens is 3. The van der Waals surface area contributed by atoms with Gasteiger partial charge in [0.05, 0.1) is 5.92 Å². The molecule has 0 aliphatic rings. The second kappa shape index (κ2) is 5.93. The Morgan fingerprint density at radius 3 is 2.74 bits per heavy atom. The summed E-state index contributed by atoms with van der Waals surface area (Å²) in [5.41, 5.74) is 1.70. The first-order chi connectivity index (χ1) is 9.15. The van der Waals surface area contributed by atoms with Crippen LogP contribution < -0.4 is 5.32 Å². The van der Waals surface area contributed by atoms with E-state index in [2.05, 4.69) is 34.3 Å². The van der Waals surface area contributed by atoms with Crippen LogP contribution in [0, 0.1) is 6.92 Å². The fourth-order valence-electron chi connectivity index (χ4n) is 2.10. The molecule has 2 unspecified atom stereocenters. The maximum Gasteiger partial charge on any atom is 0.231 e. The third-order valence-corrected chi connectivity index (χ3v) is 3.38. The van der Waals surface area contributed by atoms with Crippen LogP contribution in [0.1, 0.15) is 37.8 Å². The van der Waals surface area contributed by atoms with Crippen LogP contribution in [0.25, 0.3) is 11.5 Å². The Kier molecular flexibility index (Phi) is 4.27. The third kappa shape index (κ3) is 2.98. The maximum atomic E-state index is 5.39. The number of nitrogens with one attached hydrogen (secondary N) is 1. The molecule has 2 heterocycles. The zero-order valence-electron chi connectivity index (χ0n) is 11.8. The lowest BCUT2D eigenvalue weighted by Crippen LogP contribution is -2.28. The lowest BCUT2D eigenvalue weighted by atomic mass is 9.98. The summed E-state index contributed by atoms with van der Waals surface area (Å²) in [7, 11) is 1.94. The van der Waals surface area contributed by atoms with Crippen molar-refractivity contribution in [2.45, 2.75) is 39.2 Å². The van der Waals surface area contributed by atoms with E-state index in [-0.39, 0.29) is 5.92 Å². The Morgan fingerprint density at radius 2 is 2.11 bits per heavy atom. The van der Waals surface area contributed by atoms with Gasteiger partial charge in [0.1, 0.15) is 5.69 Å². The van der Waals surface area contributed by atoms with Gasteiger partial charge in [-0.25, -0.2) is 4.98 Å². The molecule has 0 amide bonds. The molecule has 5 nitrogen and oxygen atoms in total. The molecular weight excluding hydrogens is 240 g/mol. The van der Waals surface area contributed by atoms with Crippen molar-refractivity contribution in [1.82, 2.24) is 20.4 Å². The lowest BCUT2D eigenvalue weighted by molar-refractivity contribution is 0.322. The number of hydrogen-bond donors (Lipinski definition) is 1. The van der Waals surface area contributed by atoms with Gasteiger partial charge >= 0.3 is 0 Å². The summed E-state index contributed by atoms with van der Waals surface area (Å²) in [5.74, 6) is 1.44. The molecule has 0 bridgehead atoms. The van der Waals surface area contributed by atoms with Gasteiger partial charge in [-0.2, -0.15) is 4.98 Å². The molecular formula is C14H20N4O. The molecule has 19 heavy (non-hydrogen) atoms. The summed E-state index contributed by atoms with van der Waals surface area (Å²) in [4.78, 5) is 8.89. The fourth-order valence-corrected chi connectivity index (χ4v) is 2.10. The minimum Gasteiger partial charge on any atom is -0.339 e. The summed E-state index contributed by atoms with van der Waals surface area (Å²) in [6.07, 6.45) is 0.949. The predicted molar refractivity (Wildman–Crippen MR) is 73.8 cm³/mol. The number of rotatable bonds is 5. The van der Waals surface area contributed by atoms with Crippen molar-refractivity contribution in [2.75, 3.05) is 7.05 Å². The number of pyridine rings is 1. The first kappa shape index (κ1) is 13.7. The Hall–Kier alpha value is -1.75. The molecule has 102 valence electrons. The average Bonchev–Trinajstić information content (AvgIpc) is 2.89. The van der Waals surface area contributed by atoms with Gasteiger partial charge in [0.2, 0.25) is 11.7 Å². The van der Waals surface area contributed by atoms with Gasteiger partial charge in [-0.3, -0.25) is 0 Å². The molecule has 0 aliphatic carbocycles. The number of likely N-dealkylation sites (N-methyl/N-ethyl adjacent to an activating group) is 1. The summed E-state index contributed by atoms with van der Waals surface area (Å²) >= 11 is 0. The molecule has 0 fully saturated rings. The lowest BCUT2D eigenvalue weighted by Gasteiger charge is -2.17. The first-order valence-electron chi connectivity index (χ1n) is 6.60. The highest BCUT2D eigenvalue weighted by atomic mass is 16.5. The standard InChI is InChI=1S/C14H20N4O/c1-5-11(10(3)15-4)14-17-13(18-19-14)12-8-6-7-9(2)16-12/h6-8,10-11,15H,5H2,1-4H3. The van der Waals surface area contributed by atoms with Crippen LogP contribution in [-0.2, 0) is 0 Å². The van der Waals surface area contributed by atoms with Gasteiger partial charge in [-0.15, -0.1) is 0 Å². The number of hydrogen-bond acceptors (Lipinski definition) is 5. The van der Waals surface area contributed by atoms with Crippen molar-refractivity contribution >= 4 is 0 Å². The molecule has 2 rings (SSSR count). The van der Waals surface area contributed by atoms with E-state index < -0.39 is 0 Å². The van der Waals surface area contributed by atoms with Gasteiger partial charge in [0, 0.05) is 11.7 Å². The second-order valence-electron chi connectivity index (χ2n) is 4.71. The molecule has 0 saturated carbocycles. The van der Waals surface area contributed by atoms with E-state index in [9.17, 15) is 0 Å². The summed E-state index contributed by atoms with van der Waals surface area (Å²) in [6.45, 7) is 6.18. The summed E-state index contributed by atoms with van der Waals surface area (Å²) < 4.78 is 5.39. The van der Waals surface area contributed by atoms with E-state index in [4.69, 9.17) is 4.52 Å². The molecule has 1 N–H and O–H groups in total. The SMILES string of the molecule is CCC(c1nc(-c2cccc(C)n2)no1)C(C)NC. The van der Waals surface area contributed by atoms with E-state index in [0.29, 0.717) is 17.8 Å². The minimum atomic E-state index is 0.219. The third-order valence-electron chi connectivity index (χ3n) is 3.38. The van der Waals surface area contributed by atoms with Crippen LogP contribution in [-0.4, -0.2) is 28.2 Å². The van der Waals surface area contributed by atoms with Crippen LogP contribution >= 0.6 is 0 Å². The Balaban J connectivity index is 2.28. The molecule has 5 heteroatoms. The zero-order valence-corrected chi connectivity index (χ0v) is 11.8. The molecule has 2 aromatic rings. The molecule has 2 aromatic heterocycles. The van der Waals surface area contributed by atoms with Crippen molar-refractivity contribution < 1.29 is 4.52 Å². The Labute approximate surface area is 113 Å². The topological polar surface area (TPSA) is 63.8 Å². The smallest absolute Gasteiger partial charge is 0.231 e. The average molecular weight is 260 g/mol. The van der Waals surface area contributed by atoms with E-state index >= 15 is 0 Å². The number of aryl methyl sites for hydroxylation is 1. The van der Waals surface area contributed by atoms with Crippen molar-refractivity contribution in [2.24, 2.45) is 0 Å². The Bertz CT molecular complexity index is 538. The first-order valence-corrected chi connectivity index (χ1v) is 6.60. The van der Waals surface area contributed by atoms with Crippen LogP contribution in [0.5, 0.6) is 0 Å². The van der Waals surface area contributed by atoms with Crippen LogP contribution in [0.4, 0.5) is 0 Å². The van der Waals surface area contributed by atoms with Crippen LogP contribution in [0.3, 0.4) is 0 Å². The molecule has 2 atom stereocenters. The van der Waals surface area contributed by atoms with Gasteiger partial charge in [-0.05, 0) is 39.4 Å². The highest BCUT2D eigenvalue weighted by molar-refractivity contribution is 5.48. The highest BCUT2D eigenvalue weighted by Gasteiger charge is 2.23. The molecule has 0 aromatic carbocycles. The molecule has 0 spiro atoms. The van der Waals surface area contributed by atoms with Gasteiger partial charge in [-0.1, -0.05) is 18.1 Å². The monoisotopic (exact) mass is 260 g/mol. The predicted octanol–water partition coefficient (Wildman–Crippen LogP) is 2.54. The van der Waals surface area contributed by atoms with E-state index in [1.807, 2.05) is 32.2 Å². The van der Waals surface area contributed by atoms with E-state index in [0.717, 1.165) is 17.8 Å². The largest absolute Gasteiger partial charge is 0.339 e. The van der Waals surface area contributed by atoms with E-state index in [1.165, 1.54) is 0 Å². The van der Waals surface area contributed by atoms with Gasteiger partial charge in [0.15, 0.2) is 0 Å². The van der Waals surface area contributed by atoms with Crippen molar-refractivity contribution in [3.05, 3.63) is 29.8 Å². The Morgan fingerprint density at radius 1 is 1.32 bits per heavy atom. The quantitative estimate of drug-likeness (QED) is 0.895. The van der Waals surface area contributed by atoms with Crippen LogP contribution in [0.2, 0.25) is 0 Å². The molecule has 0 aliphatic heterocycles. The zero-order chi connectivity index (χ0) is 13.8. The molecule has 0 radical (unpaired) electrons. The second-order valence-corrected chi connectivity index (χ2v) is 4.71. The summed E-state index contributed by atoms with van der Waals surface area (Å²) in [5, 5.41) is 7.27. The maximum absolute atomic E-state index is 5.39. The normalized spacial score (nSPS) is 14.3. The van der Waals surface area contributed by atoms with Crippen molar-refractivity contribution in [3.63, 3.8) is 0 Å². The number of nitrogens with zero attached hydrogens (tertiary/aromatic N) is 3. The van der Waals surface area contributed by atoms with Crippen LogP contribution in [0.15, 0.2) is 22.7 Å². The fraction of sp³-hybridized carbons (Fsp3) is 0.500. The van der Waals surface area contributed by atoms with Gasteiger partial charge < -0.3 is 9.84 Å². The summed E-state index contributed by atoms with van der Waals surface area (Å²) in [6, 6.07) is 6.08. The van der Waals surface area contributed by atoms with Crippen molar-refractivity contribution in [3.8, 4) is 11.5 Å². The highest BCUT2D eigenvalue weighted by Crippen LogP contribution is 2.24. The molecule has 0 saturated heterocycles. The van der Waals surface area contributed by atoms with Gasteiger partial charge in [0.25, 0.3) is 0 Å². The minimum absolute atomic E-state index is 0.219. The van der Waals surface area contributed by atoms with Crippen molar-refractivity contribution in [1.29, 1.82) is 0 Å².